The van der Waals surface area contributed by atoms with Gasteiger partial charge in [0.2, 0.25) is 5.91 Å². The van der Waals surface area contributed by atoms with E-state index in [1.165, 1.54) is 16.2 Å². The van der Waals surface area contributed by atoms with Crippen LogP contribution in [0.2, 0.25) is 0 Å². The molecule has 2 aromatic heterocycles. The van der Waals surface area contributed by atoms with E-state index in [-0.39, 0.29) is 12.5 Å². The fourth-order valence-electron chi connectivity index (χ4n) is 1.22. The minimum atomic E-state index is -0.0930. The summed E-state index contributed by atoms with van der Waals surface area (Å²) < 4.78 is 1.81. The summed E-state index contributed by atoms with van der Waals surface area (Å²) in [5.41, 5.74) is 0. The Bertz CT molecular complexity index is 541. The first-order valence-electron chi connectivity index (χ1n) is 4.98. The Hall–Kier alpha value is -0.280. The van der Waals surface area contributed by atoms with Crippen molar-refractivity contribution in [2.75, 3.05) is 11.9 Å². The predicted molar refractivity (Wildman–Crippen MR) is 82.2 cm³/mol. The van der Waals surface area contributed by atoms with Gasteiger partial charge in [-0.2, -0.15) is 0 Å². The van der Waals surface area contributed by atoms with Gasteiger partial charge in [0.25, 0.3) is 0 Å². The van der Waals surface area contributed by atoms with Crippen LogP contribution in [0.15, 0.2) is 25.9 Å². The van der Waals surface area contributed by atoms with Crippen LogP contribution in [0.1, 0.15) is 4.88 Å². The third-order valence-corrected chi connectivity index (χ3v) is 5.38. The fourth-order valence-corrected chi connectivity index (χ4v) is 3.84. The van der Waals surface area contributed by atoms with E-state index in [0.29, 0.717) is 11.7 Å². The first kappa shape index (κ1) is 14.1. The van der Waals surface area contributed by atoms with Gasteiger partial charge in [0.1, 0.15) is 4.60 Å². The average Bonchev–Trinajstić information content (AvgIpc) is 2.89. The number of amides is 1. The highest BCUT2D eigenvalue weighted by Gasteiger charge is 2.06. The minimum absolute atomic E-state index is 0.0930. The molecule has 4 nitrogen and oxygen atoms in total. The Morgan fingerprint density at radius 3 is 2.83 bits per heavy atom. The monoisotopic (exact) mass is 409 g/mol. The number of nitrogens with zero attached hydrogens (tertiary/aromatic N) is 1. The minimum Gasteiger partial charge on any atom is -0.303 e. The van der Waals surface area contributed by atoms with Crippen molar-refractivity contribution in [1.82, 2.24) is 10.3 Å². The largest absolute Gasteiger partial charge is 0.303 e. The average molecular weight is 411 g/mol. The lowest BCUT2D eigenvalue weighted by Gasteiger charge is -2.03. The molecule has 0 radical (unpaired) electrons. The third kappa shape index (κ3) is 4.13. The molecule has 0 saturated carbocycles. The molecule has 0 unspecified atom stereocenters. The second-order valence-corrected chi connectivity index (χ2v) is 6.84. The zero-order chi connectivity index (χ0) is 13.0. The van der Waals surface area contributed by atoms with Gasteiger partial charge in [-0.1, -0.05) is 0 Å². The lowest BCUT2D eigenvalue weighted by atomic mass is 10.4. The molecule has 2 heterocycles. The van der Waals surface area contributed by atoms with E-state index >= 15 is 0 Å². The van der Waals surface area contributed by atoms with Crippen LogP contribution in [-0.2, 0) is 11.3 Å². The Morgan fingerprint density at radius 2 is 2.22 bits per heavy atom. The molecule has 0 aromatic carbocycles. The molecule has 2 aromatic rings. The molecule has 0 bridgehead atoms. The van der Waals surface area contributed by atoms with E-state index in [9.17, 15) is 4.79 Å². The Balaban J connectivity index is 1.74. The van der Waals surface area contributed by atoms with Gasteiger partial charge in [-0.05, 0) is 43.3 Å². The zero-order valence-corrected chi connectivity index (χ0v) is 13.9. The quantitative estimate of drug-likeness (QED) is 0.793. The first-order valence-corrected chi connectivity index (χ1v) is 8.33. The van der Waals surface area contributed by atoms with Crippen LogP contribution in [0.4, 0.5) is 5.13 Å². The van der Waals surface area contributed by atoms with Crippen molar-refractivity contribution in [3.8, 4) is 0 Å². The van der Waals surface area contributed by atoms with E-state index < -0.39 is 0 Å². The van der Waals surface area contributed by atoms with Crippen LogP contribution < -0.4 is 10.6 Å². The van der Waals surface area contributed by atoms with Crippen LogP contribution in [0.5, 0.6) is 0 Å². The van der Waals surface area contributed by atoms with Crippen molar-refractivity contribution in [2.45, 2.75) is 6.54 Å². The number of thiophene rings is 1. The van der Waals surface area contributed by atoms with E-state index in [2.05, 4.69) is 47.5 Å². The summed E-state index contributed by atoms with van der Waals surface area (Å²) in [6.07, 6.45) is 0. The molecule has 0 aliphatic rings. The Kier molecular flexibility index (Phi) is 5.31. The molecule has 2 N–H and O–H groups in total. The van der Waals surface area contributed by atoms with E-state index in [1.807, 2.05) is 16.8 Å². The molecule has 0 aliphatic carbocycles. The maximum absolute atomic E-state index is 11.6. The van der Waals surface area contributed by atoms with E-state index in [1.54, 1.807) is 11.3 Å². The van der Waals surface area contributed by atoms with Gasteiger partial charge < -0.3 is 10.6 Å². The summed E-state index contributed by atoms with van der Waals surface area (Å²) in [6, 6.07) is 1.99. The molecule has 96 valence electrons. The van der Waals surface area contributed by atoms with Crippen LogP contribution in [-0.4, -0.2) is 17.4 Å². The lowest BCUT2D eigenvalue weighted by Crippen LogP contribution is -2.27. The van der Waals surface area contributed by atoms with Crippen molar-refractivity contribution in [2.24, 2.45) is 0 Å². The van der Waals surface area contributed by atoms with Crippen molar-refractivity contribution >= 4 is 65.6 Å². The molecular weight excluding hydrogens is 402 g/mol. The smallest absolute Gasteiger partial charge is 0.240 e. The van der Waals surface area contributed by atoms with Gasteiger partial charge in [-0.25, -0.2) is 4.98 Å². The van der Waals surface area contributed by atoms with Crippen molar-refractivity contribution in [3.05, 3.63) is 30.8 Å². The number of aromatic nitrogens is 1. The lowest BCUT2D eigenvalue weighted by molar-refractivity contribution is -0.115. The molecule has 18 heavy (non-hydrogen) atoms. The second kappa shape index (κ2) is 6.76. The van der Waals surface area contributed by atoms with Gasteiger partial charge in [-0.3, -0.25) is 4.79 Å². The molecule has 0 saturated heterocycles. The first-order chi connectivity index (χ1) is 8.65. The Labute approximate surface area is 129 Å². The van der Waals surface area contributed by atoms with Crippen molar-refractivity contribution in [3.63, 3.8) is 0 Å². The van der Waals surface area contributed by atoms with Crippen molar-refractivity contribution in [1.29, 1.82) is 0 Å². The van der Waals surface area contributed by atoms with Crippen LogP contribution >= 0.6 is 54.5 Å². The molecule has 8 heteroatoms. The number of hydrogen-bond acceptors (Lipinski definition) is 5. The SMILES string of the molecule is O=C(CNCc1sccc1Br)Nc1nc(Br)cs1. The second-order valence-electron chi connectivity index (χ2n) is 3.32. The maximum atomic E-state index is 11.6. The highest BCUT2D eigenvalue weighted by atomic mass is 79.9. The van der Waals surface area contributed by atoms with Crippen LogP contribution in [0.25, 0.3) is 0 Å². The third-order valence-electron chi connectivity index (χ3n) is 1.98. The Morgan fingerprint density at radius 1 is 1.39 bits per heavy atom. The van der Waals surface area contributed by atoms with Gasteiger partial charge in [0.15, 0.2) is 5.13 Å². The summed E-state index contributed by atoms with van der Waals surface area (Å²) >= 11 is 9.72. The summed E-state index contributed by atoms with van der Waals surface area (Å²) in [6.45, 7) is 0.939. The summed E-state index contributed by atoms with van der Waals surface area (Å²) in [7, 11) is 0. The molecular formula is C10H9Br2N3OS2. The van der Waals surface area contributed by atoms with Crippen LogP contribution in [0.3, 0.4) is 0 Å². The van der Waals surface area contributed by atoms with Gasteiger partial charge in [-0.15, -0.1) is 22.7 Å². The summed E-state index contributed by atoms with van der Waals surface area (Å²) in [5, 5.41) is 10.3. The van der Waals surface area contributed by atoms with Crippen LogP contribution in [0, 0.1) is 0 Å². The standard InChI is InChI=1S/C10H9Br2N3OS2/c11-6-1-2-17-7(6)3-13-4-9(16)15-10-14-8(12)5-18-10/h1-2,5,13H,3-4H2,(H,14,15,16). The topological polar surface area (TPSA) is 54.0 Å². The number of thiazole rings is 1. The highest BCUT2D eigenvalue weighted by molar-refractivity contribution is 9.10. The number of halogens is 2. The fraction of sp³-hybridized carbons (Fsp3) is 0.200. The number of hydrogen-bond donors (Lipinski definition) is 2. The molecule has 0 spiro atoms. The van der Waals surface area contributed by atoms with E-state index in [0.717, 1.165) is 9.08 Å². The molecule has 0 fully saturated rings. The predicted octanol–water partition coefficient (Wildman–Crippen LogP) is 3.46. The van der Waals surface area contributed by atoms with Gasteiger partial charge >= 0.3 is 0 Å². The zero-order valence-electron chi connectivity index (χ0n) is 9.07. The molecule has 2 rings (SSSR count). The normalized spacial score (nSPS) is 10.6. The molecule has 0 aliphatic heterocycles. The number of rotatable bonds is 5. The number of anilines is 1. The van der Waals surface area contributed by atoms with Gasteiger partial charge in [0.05, 0.1) is 6.54 Å². The number of carbonyl (C=O) groups excluding carboxylic acids is 1. The van der Waals surface area contributed by atoms with Gasteiger partial charge in [0, 0.05) is 21.3 Å². The number of nitrogens with one attached hydrogen (secondary N) is 2. The maximum Gasteiger partial charge on any atom is 0.240 e. The molecule has 0 atom stereocenters. The highest BCUT2D eigenvalue weighted by Crippen LogP contribution is 2.22. The molecule has 1 amide bonds. The summed E-state index contributed by atoms with van der Waals surface area (Å²) in [5.74, 6) is -0.0930. The van der Waals surface area contributed by atoms with E-state index in [4.69, 9.17) is 0 Å². The summed E-state index contributed by atoms with van der Waals surface area (Å²) in [4.78, 5) is 16.9. The van der Waals surface area contributed by atoms with Crippen molar-refractivity contribution < 1.29 is 4.79 Å². The number of carbonyl (C=O) groups is 1.